The Bertz CT molecular complexity index is 699. The van der Waals surface area contributed by atoms with Gasteiger partial charge in [-0.25, -0.2) is 0 Å². The summed E-state index contributed by atoms with van der Waals surface area (Å²) in [4.78, 5) is 13.4. The van der Waals surface area contributed by atoms with Gasteiger partial charge in [0.15, 0.2) is 5.76 Å². The Morgan fingerprint density at radius 1 is 1.29 bits per heavy atom. The number of nitrogens with zero attached hydrogens (tertiary/aromatic N) is 1. The number of amides is 1. The van der Waals surface area contributed by atoms with Crippen LogP contribution in [-0.4, -0.2) is 24.9 Å². The molecule has 0 saturated heterocycles. The van der Waals surface area contributed by atoms with E-state index in [0.717, 1.165) is 5.57 Å². The Balaban J connectivity index is 2.16. The molecule has 2 rings (SSSR count). The van der Waals surface area contributed by atoms with E-state index in [-0.39, 0.29) is 11.3 Å². The Hall–Kier alpha value is -2.03. The largest absolute Gasteiger partial charge is 0.452 e. The molecule has 0 aliphatic heterocycles. The van der Waals surface area contributed by atoms with Crippen LogP contribution in [0.2, 0.25) is 0 Å². The second-order valence-corrected chi connectivity index (χ2v) is 7.55. The van der Waals surface area contributed by atoms with Crippen LogP contribution in [0.5, 0.6) is 0 Å². The van der Waals surface area contributed by atoms with E-state index in [1.54, 1.807) is 20.2 Å². The minimum atomic E-state index is -0.118. The molecule has 0 aromatic carbocycles. The highest BCUT2D eigenvalue weighted by Crippen LogP contribution is 2.40. The zero-order valence-corrected chi connectivity index (χ0v) is 15.8. The van der Waals surface area contributed by atoms with E-state index in [2.05, 4.69) is 39.8 Å². The number of carbonyl (C=O) groups is 1. The molecule has 0 N–H and O–H groups in total. The maximum Gasteiger partial charge on any atom is 0.289 e. The summed E-state index contributed by atoms with van der Waals surface area (Å²) in [7, 11) is 3.44. The lowest BCUT2D eigenvalue weighted by atomic mass is 9.72. The third-order valence-corrected chi connectivity index (χ3v) is 4.67. The van der Waals surface area contributed by atoms with E-state index >= 15 is 0 Å². The van der Waals surface area contributed by atoms with Gasteiger partial charge in [-0.2, -0.15) is 0 Å². The van der Waals surface area contributed by atoms with Gasteiger partial charge in [-0.1, -0.05) is 31.6 Å². The number of allylic oxidation sites excluding steroid dienone is 5. The smallest absolute Gasteiger partial charge is 0.289 e. The van der Waals surface area contributed by atoms with E-state index in [0.29, 0.717) is 11.5 Å². The summed E-state index contributed by atoms with van der Waals surface area (Å²) in [6.45, 7) is 8.93. The summed E-state index contributed by atoms with van der Waals surface area (Å²) in [6, 6.07) is 3.56. The van der Waals surface area contributed by atoms with Gasteiger partial charge in [0.25, 0.3) is 5.91 Å². The van der Waals surface area contributed by atoms with Crippen molar-refractivity contribution >= 4 is 12.0 Å². The summed E-state index contributed by atoms with van der Waals surface area (Å²) in [5, 5.41) is 0. The van der Waals surface area contributed by atoms with Crippen LogP contribution in [0, 0.1) is 5.41 Å². The van der Waals surface area contributed by atoms with Crippen LogP contribution in [0.1, 0.15) is 63.3 Å². The molecule has 3 nitrogen and oxygen atoms in total. The molecule has 1 amide bonds. The molecule has 0 fully saturated rings. The Morgan fingerprint density at radius 3 is 2.62 bits per heavy atom. The van der Waals surface area contributed by atoms with Crippen molar-refractivity contribution in [2.45, 2.75) is 47.0 Å². The standard InChI is InChI=1S/C21H29NO2/c1-15(9-11-18-16(2)8-7-13-21(18,3)4)14-17-10-12-19(24-17)20(23)22(5)6/h9-12,14H,7-8,13H2,1-6H3/b11-9+,15-14+. The molecule has 0 radical (unpaired) electrons. The van der Waals surface area contributed by atoms with Crippen molar-refractivity contribution < 1.29 is 9.21 Å². The first-order valence-electron chi connectivity index (χ1n) is 8.59. The average Bonchev–Trinajstić information content (AvgIpc) is 2.93. The Morgan fingerprint density at radius 2 is 2.00 bits per heavy atom. The summed E-state index contributed by atoms with van der Waals surface area (Å²) in [5.41, 5.74) is 4.29. The molecular weight excluding hydrogens is 298 g/mol. The van der Waals surface area contributed by atoms with Gasteiger partial charge < -0.3 is 9.32 Å². The van der Waals surface area contributed by atoms with Crippen LogP contribution in [0.25, 0.3) is 6.08 Å². The van der Waals surface area contributed by atoms with Gasteiger partial charge >= 0.3 is 0 Å². The molecule has 1 aromatic rings. The van der Waals surface area contributed by atoms with Gasteiger partial charge in [-0.15, -0.1) is 0 Å². The summed E-state index contributed by atoms with van der Waals surface area (Å²) < 4.78 is 5.62. The summed E-state index contributed by atoms with van der Waals surface area (Å²) in [6.07, 6.45) is 10.1. The fraction of sp³-hybridized carbons (Fsp3) is 0.476. The SMILES string of the molecule is CC1=C(/C=C/C(C)=C/c2ccc(C(=O)N(C)C)o2)C(C)(C)CCC1. The highest BCUT2D eigenvalue weighted by atomic mass is 16.3. The Labute approximate surface area is 145 Å². The summed E-state index contributed by atoms with van der Waals surface area (Å²) in [5.74, 6) is 0.957. The molecule has 24 heavy (non-hydrogen) atoms. The molecule has 130 valence electrons. The summed E-state index contributed by atoms with van der Waals surface area (Å²) >= 11 is 0. The van der Waals surface area contributed by atoms with Gasteiger partial charge in [-0.3, -0.25) is 4.79 Å². The van der Waals surface area contributed by atoms with Gasteiger partial charge in [0.1, 0.15) is 5.76 Å². The fourth-order valence-electron chi connectivity index (χ4n) is 3.26. The topological polar surface area (TPSA) is 33.5 Å². The zero-order valence-electron chi connectivity index (χ0n) is 15.8. The molecule has 3 heteroatoms. The van der Waals surface area contributed by atoms with Crippen molar-refractivity contribution in [3.05, 3.63) is 52.5 Å². The third-order valence-electron chi connectivity index (χ3n) is 4.67. The minimum absolute atomic E-state index is 0.118. The van der Waals surface area contributed by atoms with Crippen molar-refractivity contribution in [2.75, 3.05) is 14.1 Å². The monoisotopic (exact) mass is 327 g/mol. The lowest BCUT2D eigenvalue weighted by Gasteiger charge is -2.32. The van der Waals surface area contributed by atoms with Crippen LogP contribution in [0.4, 0.5) is 0 Å². The first-order valence-corrected chi connectivity index (χ1v) is 8.59. The number of rotatable bonds is 4. The molecule has 1 heterocycles. The van der Waals surface area contributed by atoms with Crippen molar-refractivity contribution in [1.82, 2.24) is 4.90 Å². The number of hydrogen-bond acceptors (Lipinski definition) is 2. The second kappa shape index (κ2) is 7.25. The highest BCUT2D eigenvalue weighted by Gasteiger charge is 2.26. The van der Waals surface area contributed by atoms with E-state index in [1.165, 1.54) is 35.3 Å². The predicted molar refractivity (Wildman–Crippen MR) is 99.8 cm³/mol. The van der Waals surface area contributed by atoms with Gasteiger partial charge in [0.05, 0.1) is 0 Å². The number of hydrogen-bond donors (Lipinski definition) is 0. The predicted octanol–water partition coefficient (Wildman–Crippen LogP) is 5.47. The maximum absolute atomic E-state index is 11.9. The molecule has 0 bridgehead atoms. The van der Waals surface area contributed by atoms with E-state index in [1.807, 2.05) is 12.1 Å². The van der Waals surface area contributed by atoms with E-state index in [9.17, 15) is 4.79 Å². The number of furan rings is 1. The van der Waals surface area contributed by atoms with Crippen LogP contribution < -0.4 is 0 Å². The second-order valence-electron chi connectivity index (χ2n) is 7.55. The Kier molecular flexibility index (Phi) is 5.53. The van der Waals surface area contributed by atoms with Crippen molar-refractivity contribution in [1.29, 1.82) is 0 Å². The fourth-order valence-corrected chi connectivity index (χ4v) is 3.26. The van der Waals surface area contributed by atoms with Crippen LogP contribution >= 0.6 is 0 Å². The maximum atomic E-state index is 11.9. The van der Waals surface area contributed by atoms with Crippen molar-refractivity contribution in [2.24, 2.45) is 5.41 Å². The zero-order chi connectivity index (χ0) is 17.9. The van der Waals surface area contributed by atoms with E-state index in [4.69, 9.17) is 4.42 Å². The highest BCUT2D eigenvalue weighted by molar-refractivity contribution is 5.91. The lowest BCUT2D eigenvalue weighted by molar-refractivity contribution is 0.0796. The first kappa shape index (κ1) is 18.3. The van der Waals surface area contributed by atoms with Crippen molar-refractivity contribution in [3.63, 3.8) is 0 Å². The van der Waals surface area contributed by atoms with Crippen molar-refractivity contribution in [3.8, 4) is 0 Å². The quantitative estimate of drug-likeness (QED) is 0.687. The molecule has 1 aromatic heterocycles. The molecule has 0 unspecified atom stereocenters. The molecule has 0 atom stereocenters. The van der Waals surface area contributed by atoms with Gasteiger partial charge in [-0.05, 0) is 67.9 Å². The van der Waals surface area contributed by atoms with Gasteiger partial charge in [0, 0.05) is 14.1 Å². The molecular formula is C21H29NO2. The number of carbonyl (C=O) groups excluding carboxylic acids is 1. The molecule has 0 spiro atoms. The average molecular weight is 327 g/mol. The molecule has 1 aliphatic rings. The normalized spacial score (nSPS) is 18.3. The van der Waals surface area contributed by atoms with E-state index < -0.39 is 0 Å². The van der Waals surface area contributed by atoms with Crippen LogP contribution in [0.3, 0.4) is 0 Å². The molecule has 0 saturated carbocycles. The van der Waals surface area contributed by atoms with Gasteiger partial charge in [0.2, 0.25) is 0 Å². The minimum Gasteiger partial charge on any atom is -0.452 e. The van der Waals surface area contributed by atoms with Crippen LogP contribution in [-0.2, 0) is 0 Å². The lowest BCUT2D eigenvalue weighted by Crippen LogP contribution is -2.20. The first-order chi connectivity index (χ1) is 11.2. The van der Waals surface area contributed by atoms with Crippen LogP contribution in [0.15, 0.2) is 45.4 Å². The molecule has 1 aliphatic carbocycles. The third kappa shape index (κ3) is 4.28.